The molecule has 268 valence electrons. The highest BCUT2D eigenvalue weighted by molar-refractivity contribution is 7.26. The van der Waals surface area contributed by atoms with Crippen LogP contribution in [0.15, 0.2) is 151 Å². The van der Waals surface area contributed by atoms with Gasteiger partial charge in [0.25, 0.3) is 0 Å². The molecule has 3 nitrogen and oxygen atoms in total. The largest absolute Gasteiger partial charge is 0.318 e. The third-order valence-corrected chi connectivity index (χ3v) is 10.8. The molecule has 0 radical (unpaired) electrons. The van der Waals surface area contributed by atoms with Gasteiger partial charge >= 0.3 is 0 Å². The summed E-state index contributed by atoms with van der Waals surface area (Å²) in [5.41, 5.74) is 17.3. The monoisotopic (exact) mass is 713 g/mol. The third-order valence-electron chi connectivity index (χ3n) is 9.60. The van der Waals surface area contributed by atoms with Crippen molar-refractivity contribution in [2.75, 3.05) is 6.67 Å². The first-order valence-electron chi connectivity index (χ1n) is 19.1. The van der Waals surface area contributed by atoms with Crippen molar-refractivity contribution in [1.82, 2.24) is 9.88 Å². The number of benzene rings is 5. The second-order valence-corrected chi connectivity index (χ2v) is 13.6. The van der Waals surface area contributed by atoms with Crippen molar-refractivity contribution in [3.05, 3.63) is 179 Å². The molecule has 0 saturated carbocycles. The zero-order chi connectivity index (χ0) is 37.2. The number of para-hydroxylation sites is 1. The minimum absolute atomic E-state index is 0.0568. The van der Waals surface area contributed by atoms with Crippen molar-refractivity contribution in [1.29, 1.82) is 0 Å². The maximum absolute atomic E-state index is 6.10. The second-order valence-electron chi connectivity index (χ2n) is 12.5. The van der Waals surface area contributed by atoms with Crippen molar-refractivity contribution in [2.24, 2.45) is 5.73 Å². The molecule has 0 bridgehead atoms. The minimum Gasteiger partial charge on any atom is -0.318 e. The number of thiophene rings is 1. The molecule has 0 spiro atoms. The number of hydrogen-bond acceptors (Lipinski definition) is 3. The molecule has 8 rings (SSSR count). The maximum Gasteiger partial charge on any atom is 0.0531 e. The predicted molar refractivity (Wildman–Crippen MR) is 235 cm³/mol. The lowest BCUT2D eigenvalue weighted by atomic mass is 9.90. The Morgan fingerprint density at radius 3 is 2.15 bits per heavy atom. The van der Waals surface area contributed by atoms with E-state index in [4.69, 9.17) is 5.73 Å². The number of nitrogens with zero attached hydrogens (tertiary/aromatic N) is 1. The van der Waals surface area contributed by atoms with Gasteiger partial charge in [-0.05, 0) is 76.9 Å². The highest BCUT2D eigenvalue weighted by Gasteiger charge is 2.22. The van der Waals surface area contributed by atoms with Crippen LogP contribution in [-0.4, -0.2) is 11.2 Å². The van der Waals surface area contributed by atoms with Gasteiger partial charge in [0.2, 0.25) is 0 Å². The van der Waals surface area contributed by atoms with E-state index in [9.17, 15) is 0 Å². The predicted octanol–water partition coefficient (Wildman–Crippen LogP) is 13.3. The second kappa shape index (κ2) is 18.0. The van der Waals surface area contributed by atoms with Crippen LogP contribution in [0.1, 0.15) is 75.0 Å². The SMILES string of the molecule is CC.CC.C\C=C/C(=C\n1c2c(c3ccccc31)CCC(c1cccc3c1sc1ccccc13)=C2)C(=C\C(NCN)c1ccccc1)/c1ccccc1. The standard InChI is InChI=1S/C45H39N3S.2C2H6/c1-2-14-34(40(31-15-5-3-6-16-31)28-41(47-30-46)32-17-7-4-8-18-32)29-48-42-23-11-9-19-36(42)37-26-25-33(27-43(37)48)35-21-13-22-39-38-20-10-12-24-44(38)49-45(35)39;2*1-2/h2-24,27-29,41,47H,25-26,30,46H2,1H3;2*1-2H3/b14-2-,34-29+,40-28-;;. The van der Waals surface area contributed by atoms with E-state index in [-0.39, 0.29) is 6.04 Å². The molecular weight excluding hydrogens is 663 g/mol. The molecule has 4 heteroatoms. The average Bonchev–Trinajstić information content (AvgIpc) is 3.77. The lowest BCUT2D eigenvalue weighted by molar-refractivity contribution is 0.636. The van der Waals surface area contributed by atoms with Gasteiger partial charge in [0.1, 0.15) is 0 Å². The van der Waals surface area contributed by atoms with E-state index >= 15 is 0 Å². The van der Waals surface area contributed by atoms with Crippen molar-refractivity contribution in [2.45, 2.75) is 53.5 Å². The molecule has 1 aliphatic carbocycles. The highest BCUT2D eigenvalue weighted by atomic mass is 32.1. The first-order valence-corrected chi connectivity index (χ1v) is 19.9. The van der Waals surface area contributed by atoms with Crippen LogP contribution in [0.4, 0.5) is 0 Å². The van der Waals surface area contributed by atoms with E-state index in [0.717, 1.165) is 29.6 Å². The van der Waals surface area contributed by atoms with E-state index < -0.39 is 0 Å². The van der Waals surface area contributed by atoms with Crippen LogP contribution in [0.2, 0.25) is 0 Å². The first kappa shape index (κ1) is 37.5. The molecule has 2 heterocycles. The van der Waals surface area contributed by atoms with E-state index in [1.165, 1.54) is 59.0 Å². The zero-order valence-corrected chi connectivity index (χ0v) is 32.5. The molecule has 0 amide bonds. The molecule has 5 aromatic carbocycles. The first-order chi connectivity index (χ1) is 26.2. The van der Waals surface area contributed by atoms with Gasteiger partial charge in [-0.25, -0.2) is 0 Å². The fraction of sp³-hybridized carbons (Fsp3) is 0.184. The zero-order valence-electron chi connectivity index (χ0n) is 31.6. The Morgan fingerprint density at radius 1 is 0.755 bits per heavy atom. The van der Waals surface area contributed by atoms with Crippen molar-refractivity contribution in [3.8, 4) is 0 Å². The van der Waals surface area contributed by atoms with Gasteiger partial charge in [0, 0.05) is 44.1 Å². The Labute approximate surface area is 319 Å². The fourth-order valence-corrected chi connectivity index (χ4v) is 8.60. The topological polar surface area (TPSA) is 43.0 Å². The van der Waals surface area contributed by atoms with Crippen LogP contribution in [-0.2, 0) is 6.42 Å². The summed E-state index contributed by atoms with van der Waals surface area (Å²) in [4.78, 5) is 0. The number of aromatic nitrogens is 1. The van der Waals surface area contributed by atoms with Gasteiger partial charge in [-0.2, -0.15) is 0 Å². The molecule has 7 aromatic rings. The molecule has 0 saturated heterocycles. The summed E-state index contributed by atoms with van der Waals surface area (Å²) in [5, 5.41) is 7.52. The number of rotatable bonds is 9. The smallest absolute Gasteiger partial charge is 0.0531 e. The molecule has 1 atom stereocenters. The van der Waals surface area contributed by atoms with Crippen molar-refractivity contribution < 1.29 is 0 Å². The third kappa shape index (κ3) is 7.77. The van der Waals surface area contributed by atoms with Crippen LogP contribution >= 0.6 is 11.3 Å². The quantitative estimate of drug-likeness (QED) is 0.116. The Kier molecular flexibility index (Phi) is 12.7. The Hall–Kier alpha value is -5.26. The fourth-order valence-electron chi connectivity index (χ4n) is 7.34. The van der Waals surface area contributed by atoms with Gasteiger partial charge < -0.3 is 10.3 Å². The molecule has 53 heavy (non-hydrogen) atoms. The van der Waals surface area contributed by atoms with Gasteiger partial charge in [-0.3, -0.25) is 5.32 Å². The van der Waals surface area contributed by atoms with Crippen molar-refractivity contribution >= 4 is 65.8 Å². The van der Waals surface area contributed by atoms with Crippen LogP contribution in [0, 0.1) is 0 Å². The van der Waals surface area contributed by atoms with Crippen molar-refractivity contribution in [3.63, 3.8) is 0 Å². The molecular formula is C49H51N3S. The average molecular weight is 714 g/mol. The number of nitrogens with one attached hydrogen (secondary N) is 1. The summed E-state index contributed by atoms with van der Waals surface area (Å²) in [6.07, 6.45) is 13.5. The van der Waals surface area contributed by atoms with Crippen LogP contribution in [0.3, 0.4) is 0 Å². The van der Waals surface area contributed by atoms with Crippen LogP contribution in [0.5, 0.6) is 0 Å². The molecule has 3 N–H and O–H groups in total. The lowest BCUT2D eigenvalue weighted by Crippen LogP contribution is -2.26. The summed E-state index contributed by atoms with van der Waals surface area (Å²) in [6.45, 7) is 10.5. The number of hydrogen-bond donors (Lipinski definition) is 2. The Balaban J connectivity index is 0.00000116. The maximum atomic E-state index is 6.10. The normalized spacial score (nSPS) is 13.7. The molecule has 0 fully saturated rings. The summed E-state index contributed by atoms with van der Waals surface area (Å²) in [5.74, 6) is 0. The number of nitrogens with two attached hydrogens (primary N) is 1. The van der Waals surface area contributed by atoms with E-state index in [0.29, 0.717) is 6.67 Å². The summed E-state index contributed by atoms with van der Waals surface area (Å²) in [7, 11) is 0. The van der Waals surface area contributed by atoms with Gasteiger partial charge in [-0.1, -0.05) is 161 Å². The summed E-state index contributed by atoms with van der Waals surface area (Å²) in [6, 6.07) is 45.6. The highest BCUT2D eigenvalue weighted by Crippen LogP contribution is 2.43. The number of aryl methyl sites for hydroxylation is 1. The lowest BCUT2D eigenvalue weighted by Gasteiger charge is -2.19. The van der Waals surface area contributed by atoms with E-state index in [1.807, 2.05) is 39.0 Å². The molecule has 1 aliphatic rings. The number of allylic oxidation sites excluding steroid dienone is 5. The summed E-state index contributed by atoms with van der Waals surface area (Å²) >= 11 is 1.91. The number of fused-ring (bicyclic) bond motifs is 6. The van der Waals surface area contributed by atoms with E-state index in [1.54, 1.807) is 0 Å². The molecule has 1 unspecified atom stereocenters. The van der Waals surface area contributed by atoms with Crippen LogP contribution in [0.25, 0.3) is 54.5 Å². The molecule has 2 aromatic heterocycles. The summed E-state index contributed by atoms with van der Waals surface area (Å²) < 4.78 is 5.14. The molecule has 0 aliphatic heterocycles. The van der Waals surface area contributed by atoms with Gasteiger partial charge in [0.05, 0.1) is 11.6 Å². The minimum atomic E-state index is -0.0568. The Bertz CT molecular complexity index is 2400. The van der Waals surface area contributed by atoms with Crippen LogP contribution < -0.4 is 11.1 Å². The Morgan fingerprint density at radius 2 is 1.42 bits per heavy atom. The van der Waals surface area contributed by atoms with Gasteiger partial charge in [-0.15, -0.1) is 11.3 Å². The van der Waals surface area contributed by atoms with Gasteiger partial charge in [0.15, 0.2) is 0 Å². The van der Waals surface area contributed by atoms with E-state index in [2.05, 4.69) is 175 Å².